The number of ether oxygens (including phenoxy) is 1. The van der Waals surface area contributed by atoms with E-state index in [1.54, 1.807) is 20.8 Å². The fourth-order valence-electron chi connectivity index (χ4n) is 1.38. The normalized spacial score (nSPS) is 12.8. The average molecular weight is 340 g/mol. The van der Waals surface area contributed by atoms with E-state index in [1.807, 2.05) is 0 Å². The van der Waals surface area contributed by atoms with Crippen molar-refractivity contribution in [2.24, 2.45) is 0 Å². The van der Waals surface area contributed by atoms with Crippen LogP contribution in [0.5, 0.6) is 5.75 Å². The third-order valence-electron chi connectivity index (χ3n) is 2.18. The fourth-order valence-corrected chi connectivity index (χ4v) is 1.84. The summed E-state index contributed by atoms with van der Waals surface area (Å²) in [4.78, 5) is 11.6. The Hall–Kier alpha value is -1.77. The minimum atomic E-state index is -5.70. The standard InChI is InChI=1S/C13H15F3O5S/c1-12(2,3)20-11(17)8-9-4-6-10(7-5-9)21-22(18,19)13(14,15)16/h4-7H,8H2,1-3H3. The lowest BCUT2D eigenvalue weighted by molar-refractivity contribution is -0.153. The molecule has 1 rings (SSSR count). The van der Waals surface area contributed by atoms with Crippen LogP contribution >= 0.6 is 0 Å². The number of hydrogen-bond donors (Lipinski definition) is 0. The molecule has 22 heavy (non-hydrogen) atoms. The Kier molecular flexibility index (Phi) is 5.11. The van der Waals surface area contributed by atoms with Crippen LogP contribution in [-0.4, -0.2) is 25.5 Å². The lowest BCUT2D eigenvalue weighted by Crippen LogP contribution is -2.28. The van der Waals surface area contributed by atoms with E-state index >= 15 is 0 Å². The minimum absolute atomic E-state index is 0.0937. The topological polar surface area (TPSA) is 69.7 Å². The van der Waals surface area contributed by atoms with Gasteiger partial charge in [-0.1, -0.05) is 12.1 Å². The molecule has 0 aliphatic rings. The van der Waals surface area contributed by atoms with E-state index in [4.69, 9.17) is 4.74 Å². The first-order valence-corrected chi connectivity index (χ1v) is 7.52. The maximum absolute atomic E-state index is 12.2. The van der Waals surface area contributed by atoms with Crippen molar-refractivity contribution in [2.45, 2.75) is 38.3 Å². The highest BCUT2D eigenvalue weighted by Gasteiger charge is 2.48. The van der Waals surface area contributed by atoms with Crippen LogP contribution in [0.15, 0.2) is 24.3 Å². The Morgan fingerprint density at radius 2 is 1.59 bits per heavy atom. The number of alkyl halides is 3. The third kappa shape index (κ3) is 5.55. The molecule has 0 aliphatic heterocycles. The lowest BCUT2D eigenvalue weighted by Gasteiger charge is -2.19. The molecule has 124 valence electrons. The zero-order chi connectivity index (χ0) is 17.2. The first kappa shape index (κ1) is 18.3. The second kappa shape index (κ2) is 6.15. The molecular formula is C13H15F3O5S. The van der Waals surface area contributed by atoms with E-state index in [0.717, 1.165) is 12.1 Å². The number of carbonyl (C=O) groups excluding carboxylic acids is 1. The summed E-state index contributed by atoms with van der Waals surface area (Å²) in [6, 6.07) is 4.63. The molecule has 9 heteroatoms. The number of halogens is 3. The molecule has 0 saturated carbocycles. The number of rotatable bonds is 4. The second-order valence-corrected chi connectivity index (χ2v) is 6.93. The second-order valence-electron chi connectivity index (χ2n) is 5.39. The van der Waals surface area contributed by atoms with Crippen molar-refractivity contribution >= 4 is 16.1 Å². The number of hydrogen-bond acceptors (Lipinski definition) is 5. The van der Waals surface area contributed by atoms with E-state index in [9.17, 15) is 26.4 Å². The van der Waals surface area contributed by atoms with Gasteiger partial charge >= 0.3 is 21.6 Å². The Labute approximate surface area is 126 Å². The van der Waals surface area contributed by atoms with Crippen LogP contribution in [0.4, 0.5) is 13.2 Å². The lowest BCUT2D eigenvalue weighted by atomic mass is 10.1. The molecule has 0 spiro atoms. The molecule has 5 nitrogen and oxygen atoms in total. The Balaban J connectivity index is 2.74. The van der Waals surface area contributed by atoms with Gasteiger partial charge in [0.15, 0.2) is 0 Å². The molecule has 0 fully saturated rings. The molecule has 0 saturated heterocycles. The van der Waals surface area contributed by atoms with E-state index in [-0.39, 0.29) is 6.42 Å². The minimum Gasteiger partial charge on any atom is -0.460 e. The van der Waals surface area contributed by atoms with Crippen molar-refractivity contribution in [3.63, 3.8) is 0 Å². The summed E-state index contributed by atoms with van der Waals surface area (Å²) in [6.45, 7) is 5.09. The van der Waals surface area contributed by atoms with E-state index in [1.165, 1.54) is 12.1 Å². The molecule has 0 heterocycles. The van der Waals surface area contributed by atoms with E-state index < -0.39 is 32.9 Å². The Bertz CT molecular complexity index is 627. The van der Waals surface area contributed by atoms with Gasteiger partial charge in [-0.05, 0) is 38.5 Å². The number of carbonyl (C=O) groups is 1. The maximum Gasteiger partial charge on any atom is 0.534 e. The molecule has 0 unspecified atom stereocenters. The number of esters is 1. The van der Waals surface area contributed by atoms with Crippen molar-refractivity contribution in [1.29, 1.82) is 0 Å². The molecule has 0 amide bonds. The number of benzene rings is 1. The molecule has 1 aromatic rings. The van der Waals surface area contributed by atoms with E-state index in [0.29, 0.717) is 5.56 Å². The van der Waals surface area contributed by atoms with Gasteiger partial charge in [0.25, 0.3) is 0 Å². The Morgan fingerprint density at radius 1 is 1.09 bits per heavy atom. The van der Waals surface area contributed by atoms with Gasteiger partial charge in [-0.25, -0.2) is 0 Å². The zero-order valence-electron chi connectivity index (χ0n) is 12.1. The van der Waals surface area contributed by atoms with Crippen molar-refractivity contribution in [3.05, 3.63) is 29.8 Å². The molecular weight excluding hydrogens is 325 g/mol. The van der Waals surface area contributed by atoms with Crippen LogP contribution in [0.3, 0.4) is 0 Å². The summed E-state index contributed by atoms with van der Waals surface area (Å²) in [6.07, 6.45) is -0.0937. The predicted octanol–water partition coefficient (Wildman–Crippen LogP) is 2.80. The summed E-state index contributed by atoms with van der Waals surface area (Å²) >= 11 is 0. The van der Waals surface area contributed by atoms with Crippen LogP contribution < -0.4 is 4.18 Å². The third-order valence-corrected chi connectivity index (χ3v) is 3.16. The van der Waals surface area contributed by atoms with Crippen molar-refractivity contribution in [3.8, 4) is 5.75 Å². The summed E-state index contributed by atoms with van der Waals surface area (Å²) in [5, 5.41) is 0. The van der Waals surface area contributed by atoms with Crippen LogP contribution in [0, 0.1) is 0 Å². The first-order valence-electron chi connectivity index (χ1n) is 6.12. The van der Waals surface area contributed by atoms with Crippen molar-refractivity contribution in [1.82, 2.24) is 0 Å². The molecule has 1 aromatic carbocycles. The highest BCUT2D eigenvalue weighted by Crippen LogP contribution is 2.27. The molecule has 0 atom stereocenters. The molecule has 0 aliphatic carbocycles. The van der Waals surface area contributed by atoms with Gasteiger partial charge in [0, 0.05) is 0 Å². The average Bonchev–Trinajstić information content (AvgIpc) is 2.27. The first-order chi connectivity index (χ1) is 9.80. The van der Waals surface area contributed by atoms with Gasteiger partial charge in [0.05, 0.1) is 6.42 Å². The predicted molar refractivity (Wildman–Crippen MR) is 71.6 cm³/mol. The maximum atomic E-state index is 12.2. The van der Waals surface area contributed by atoms with Gasteiger partial charge in [-0.2, -0.15) is 21.6 Å². The molecule has 0 radical (unpaired) electrons. The summed E-state index contributed by atoms with van der Waals surface area (Å²) in [5.74, 6) is -1.01. The smallest absolute Gasteiger partial charge is 0.460 e. The van der Waals surface area contributed by atoms with Gasteiger partial charge < -0.3 is 8.92 Å². The highest BCUT2D eigenvalue weighted by atomic mass is 32.2. The van der Waals surface area contributed by atoms with Gasteiger partial charge in [0.2, 0.25) is 0 Å². The van der Waals surface area contributed by atoms with Crippen LogP contribution in [-0.2, 0) is 26.1 Å². The Morgan fingerprint density at radius 3 is 2.00 bits per heavy atom. The van der Waals surface area contributed by atoms with Gasteiger partial charge in [0.1, 0.15) is 11.4 Å². The summed E-state index contributed by atoms with van der Waals surface area (Å²) in [7, 11) is -5.70. The monoisotopic (exact) mass is 340 g/mol. The summed E-state index contributed by atoms with van der Waals surface area (Å²) < 4.78 is 67.1. The van der Waals surface area contributed by atoms with Gasteiger partial charge in [-0.3, -0.25) is 4.79 Å². The van der Waals surface area contributed by atoms with E-state index in [2.05, 4.69) is 4.18 Å². The quantitative estimate of drug-likeness (QED) is 0.479. The van der Waals surface area contributed by atoms with Crippen LogP contribution in [0.25, 0.3) is 0 Å². The highest BCUT2D eigenvalue weighted by molar-refractivity contribution is 7.87. The van der Waals surface area contributed by atoms with Crippen molar-refractivity contribution in [2.75, 3.05) is 0 Å². The van der Waals surface area contributed by atoms with Crippen molar-refractivity contribution < 1.29 is 35.3 Å². The van der Waals surface area contributed by atoms with Gasteiger partial charge in [-0.15, -0.1) is 0 Å². The zero-order valence-corrected chi connectivity index (χ0v) is 12.9. The van der Waals surface area contributed by atoms with Crippen LogP contribution in [0.2, 0.25) is 0 Å². The molecule has 0 N–H and O–H groups in total. The molecule has 0 bridgehead atoms. The summed E-state index contributed by atoms with van der Waals surface area (Å²) in [5.41, 5.74) is -5.70. The SMILES string of the molecule is CC(C)(C)OC(=O)Cc1ccc(OS(=O)(=O)C(F)(F)F)cc1. The van der Waals surface area contributed by atoms with Crippen LogP contribution in [0.1, 0.15) is 26.3 Å². The molecule has 0 aromatic heterocycles. The largest absolute Gasteiger partial charge is 0.534 e. The fraction of sp³-hybridized carbons (Fsp3) is 0.462.